The largest absolute Gasteiger partial charge is 0.493 e. The van der Waals surface area contributed by atoms with Gasteiger partial charge in [-0.05, 0) is 64.8 Å². The summed E-state index contributed by atoms with van der Waals surface area (Å²) < 4.78 is 11.6. The number of carbonyl (C=O) groups is 2. The highest BCUT2D eigenvalue weighted by Crippen LogP contribution is 2.36. The minimum absolute atomic E-state index is 0.172. The first kappa shape index (κ1) is 20.4. The third-order valence-corrected chi connectivity index (χ3v) is 3.98. The fourth-order valence-corrected chi connectivity index (χ4v) is 2.81. The molecule has 2 amide bonds. The van der Waals surface area contributed by atoms with Crippen LogP contribution in [0.15, 0.2) is 46.0 Å². The van der Waals surface area contributed by atoms with Gasteiger partial charge in [0.25, 0.3) is 5.91 Å². The lowest BCUT2D eigenvalue weighted by Gasteiger charge is -2.11. The van der Waals surface area contributed by atoms with E-state index in [-0.39, 0.29) is 11.8 Å². The Bertz CT molecular complexity index is 851. The third-order valence-electron chi connectivity index (χ3n) is 3.39. The topological polar surface area (TPSA) is 89.0 Å². The monoisotopic (exact) mass is 433 g/mol. The summed E-state index contributed by atoms with van der Waals surface area (Å²) in [7, 11) is 1.55. The number of amides is 2. The summed E-state index contributed by atoms with van der Waals surface area (Å²) in [4.78, 5) is 23.1. The molecule has 7 nitrogen and oxygen atoms in total. The number of methoxy groups -OCH3 is 1. The van der Waals surface area contributed by atoms with Gasteiger partial charge in [-0.3, -0.25) is 9.59 Å². The Morgan fingerprint density at radius 1 is 1.22 bits per heavy atom. The minimum atomic E-state index is -0.363. The lowest BCUT2D eigenvalue weighted by Crippen LogP contribution is -2.17. The van der Waals surface area contributed by atoms with Gasteiger partial charge in [0.1, 0.15) is 0 Å². The Balaban J connectivity index is 2.05. The number of halogens is 1. The van der Waals surface area contributed by atoms with Crippen LogP contribution in [-0.4, -0.2) is 31.7 Å². The molecule has 142 valence electrons. The number of nitrogens with one attached hydrogen (secondary N) is 2. The summed E-state index contributed by atoms with van der Waals surface area (Å²) in [6.45, 7) is 3.82. The molecule has 0 aliphatic heterocycles. The highest BCUT2D eigenvalue weighted by atomic mass is 79.9. The molecule has 2 aromatic carbocycles. The number of rotatable bonds is 7. The first-order chi connectivity index (χ1) is 12.9. The maximum Gasteiger partial charge on any atom is 0.271 e. The van der Waals surface area contributed by atoms with Gasteiger partial charge in [0.2, 0.25) is 5.91 Å². The summed E-state index contributed by atoms with van der Waals surface area (Å²) in [5, 5.41) is 6.61. The van der Waals surface area contributed by atoms with Crippen molar-refractivity contribution in [1.29, 1.82) is 0 Å². The van der Waals surface area contributed by atoms with Gasteiger partial charge in [-0.1, -0.05) is 0 Å². The van der Waals surface area contributed by atoms with Crippen molar-refractivity contribution < 1.29 is 19.1 Å². The maximum atomic E-state index is 12.1. The van der Waals surface area contributed by atoms with Crippen LogP contribution in [0.4, 0.5) is 5.69 Å². The van der Waals surface area contributed by atoms with Crippen LogP contribution in [0.1, 0.15) is 29.8 Å². The molecule has 0 spiro atoms. The standard InChI is InChI=1S/C19H20BrN3O4/c1-4-27-18-16(20)9-13(10-17(18)26-3)11-21-23-19(25)14-5-7-15(8-6-14)22-12(2)24/h5-11H,4H2,1-3H3,(H,22,24)(H,23,25). The second kappa shape index (κ2) is 9.72. The van der Waals surface area contributed by atoms with E-state index < -0.39 is 0 Å². The Morgan fingerprint density at radius 2 is 1.93 bits per heavy atom. The Morgan fingerprint density at radius 3 is 2.52 bits per heavy atom. The van der Waals surface area contributed by atoms with E-state index >= 15 is 0 Å². The molecule has 0 saturated carbocycles. The number of carbonyl (C=O) groups excluding carboxylic acids is 2. The molecule has 0 aromatic heterocycles. The minimum Gasteiger partial charge on any atom is -0.493 e. The Kier molecular flexibility index (Phi) is 7.36. The van der Waals surface area contributed by atoms with Crippen molar-refractivity contribution >= 4 is 39.6 Å². The summed E-state index contributed by atoms with van der Waals surface area (Å²) in [5.41, 5.74) is 4.23. The highest BCUT2D eigenvalue weighted by molar-refractivity contribution is 9.10. The van der Waals surface area contributed by atoms with Crippen LogP contribution in [0.3, 0.4) is 0 Å². The first-order valence-corrected chi connectivity index (χ1v) is 8.95. The van der Waals surface area contributed by atoms with Crippen LogP contribution in [0.2, 0.25) is 0 Å². The number of ether oxygens (including phenoxy) is 2. The zero-order valence-electron chi connectivity index (χ0n) is 15.2. The summed E-state index contributed by atoms with van der Waals surface area (Å²) in [6.07, 6.45) is 1.51. The molecular weight excluding hydrogens is 414 g/mol. The fraction of sp³-hybridized carbons (Fsp3) is 0.211. The summed E-state index contributed by atoms with van der Waals surface area (Å²) >= 11 is 3.44. The molecule has 2 aromatic rings. The van der Waals surface area contributed by atoms with Gasteiger partial charge in [-0.25, -0.2) is 5.43 Å². The zero-order valence-corrected chi connectivity index (χ0v) is 16.8. The van der Waals surface area contributed by atoms with Crippen LogP contribution >= 0.6 is 15.9 Å². The van der Waals surface area contributed by atoms with E-state index in [1.54, 1.807) is 37.4 Å². The van der Waals surface area contributed by atoms with Crippen molar-refractivity contribution in [3.05, 3.63) is 52.0 Å². The van der Waals surface area contributed by atoms with E-state index in [1.807, 2.05) is 13.0 Å². The molecule has 2 rings (SSSR count). The van der Waals surface area contributed by atoms with Gasteiger partial charge in [-0.2, -0.15) is 5.10 Å². The van der Waals surface area contributed by atoms with Gasteiger partial charge in [-0.15, -0.1) is 0 Å². The number of anilines is 1. The zero-order chi connectivity index (χ0) is 19.8. The highest BCUT2D eigenvalue weighted by Gasteiger charge is 2.10. The maximum absolute atomic E-state index is 12.1. The van der Waals surface area contributed by atoms with Crippen LogP contribution in [-0.2, 0) is 4.79 Å². The van der Waals surface area contributed by atoms with Crippen molar-refractivity contribution in [3.8, 4) is 11.5 Å². The van der Waals surface area contributed by atoms with Gasteiger partial charge in [0.15, 0.2) is 11.5 Å². The normalized spacial score (nSPS) is 10.5. The van der Waals surface area contributed by atoms with Crippen molar-refractivity contribution in [2.75, 3.05) is 19.0 Å². The van der Waals surface area contributed by atoms with Gasteiger partial charge < -0.3 is 14.8 Å². The predicted molar refractivity (Wildman–Crippen MR) is 108 cm³/mol. The SMILES string of the molecule is CCOc1c(Br)cc(C=NNC(=O)c2ccc(NC(C)=O)cc2)cc1OC. The first-order valence-electron chi connectivity index (χ1n) is 8.16. The van der Waals surface area contributed by atoms with E-state index in [2.05, 4.69) is 31.8 Å². The van der Waals surface area contributed by atoms with Crippen molar-refractivity contribution in [2.45, 2.75) is 13.8 Å². The molecule has 0 radical (unpaired) electrons. The smallest absolute Gasteiger partial charge is 0.271 e. The van der Waals surface area contributed by atoms with E-state index in [1.165, 1.54) is 13.1 Å². The molecule has 0 bridgehead atoms. The molecular formula is C19H20BrN3O4. The van der Waals surface area contributed by atoms with Gasteiger partial charge >= 0.3 is 0 Å². The van der Waals surface area contributed by atoms with E-state index in [0.717, 1.165) is 10.0 Å². The molecule has 0 aliphatic carbocycles. The number of benzene rings is 2. The Labute approximate surface area is 165 Å². The number of hydrogen-bond donors (Lipinski definition) is 2. The third kappa shape index (κ3) is 5.82. The van der Waals surface area contributed by atoms with Gasteiger partial charge in [0.05, 0.1) is 24.4 Å². The molecule has 0 aliphatic rings. The van der Waals surface area contributed by atoms with Crippen LogP contribution in [0.5, 0.6) is 11.5 Å². The van der Waals surface area contributed by atoms with Crippen LogP contribution in [0, 0.1) is 0 Å². The van der Waals surface area contributed by atoms with E-state index in [4.69, 9.17) is 9.47 Å². The molecule has 0 heterocycles. The van der Waals surface area contributed by atoms with Crippen molar-refractivity contribution in [3.63, 3.8) is 0 Å². The quantitative estimate of drug-likeness (QED) is 0.515. The number of hydrazone groups is 1. The average Bonchev–Trinajstić information content (AvgIpc) is 2.63. The van der Waals surface area contributed by atoms with Crippen molar-refractivity contribution in [2.24, 2.45) is 5.10 Å². The van der Waals surface area contributed by atoms with E-state index in [0.29, 0.717) is 29.4 Å². The second-order valence-corrected chi connectivity index (χ2v) is 6.28. The molecule has 8 heteroatoms. The molecule has 0 fully saturated rings. The number of hydrogen-bond acceptors (Lipinski definition) is 5. The van der Waals surface area contributed by atoms with Crippen LogP contribution < -0.4 is 20.2 Å². The fourth-order valence-electron chi connectivity index (χ4n) is 2.24. The second-order valence-electron chi connectivity index (χ2n) is 5.42. The van der Waals surface area contributed by atoms with Crippen LogP contribution in [0.25, 0.3) is 0 Å². The van der Waals surface area contributed by atoms with Crippen molar-refractivity contribution in [1.82, 2.24) is 5.43 Å². The predicted octanol–water partition coefficient (Wildman–Crippen LogP) is 3.58. The average molecular weight is 434 g/mol. The molecule has 0 unspecified atom stereocenters. The molecule has 27 heavy (non-hydrogen) atoms. The number of nitrogens with zero attached hydrogens (tertiary/aromatic N) is 1. The lowest BCUT2D eigenvalue weighted by atomic mass is 10.2. The lowest BCUT2D eigenvalue weighted by molar-refractivity contribution is -0.114. The summed E-state index contributed by atoms with van der Waals surface area (Å²) in [6, 6.07) is 10.1. The molecule has 2 N–H and O–H groups in total. The van der Waals surface area contributed by atoms with Gasteiger partial charge in [0, 0.05) is 18.2 Å². The Hall–Kier alpha value is -2.87. The molecule has 0 saturated heterocycles. The van der Waals surface area contributed by atoms with E-state index in [9.17, 15) is 9.59 Å². The summed E-state index contributed by atoms with van der Waals surface area (Å²) in [5.74, 6) is 0.638. The molecule has 0 atom stereocenters.